The smallest absolute Gasteiger partial charge is 0.161 e. The highest BCUT2D eigenvalue weighted by Crippen LogP contribution is 2.36. The number of hydrogen-bond donors (Lipinski definition) is 0. The highest BCUT2D eigenvalue weighted by molar-refractivity contribution is 5.72. The monoisotopic (exact) mass is 448 g/mol. The van der Waals surface area contributed by atoms with Gasteiger partial charge in [-0.3, -0.25) is 4.57 Å². The molecule has 0 unspecified atom stereocenters. The summed E-state index contributed by atoms with van der Waals surface area (Å²) in [7, 11) is 4.36. The van der Waals surface area contributed by atoms with Gasteiger partial charge in [0.2, 0.25) is 0 Å². The average Bonchev–Trinajstić information content (AvgIpc) is 3.56. The summed E-state index contributed by atoms with van der Waals surface area (Å²) in [5.41, 5.74) is 7.79. The maximum atomic E-state index is 9.13. The first-order valence-electron chi connectivity index (χ1n) is 11.8. The second-order valence-electron chi connectivity index (χ2n) is 9.78. The van der Waals surface area contributed by atoms with Gasteiger partial charge in [0, 0.05) is 55.5 Å². The SMILES string of the molecule is C[C@H]1CN(c2ccc3c(c2)Cn2cc(-c4ccc(C#N)cc4)cc2-c2nccn2-3)C[C@@H]1N(C)C. The Morgan fingerprint density at radius 2 is 1.85 bits per heavy atom. The Hall–Kier alpha value is -3.82. The van der Waals surface area contributed by atoms with Crippen LogP contribution in [0.25, 0.3) is 28.3 Å². The number of hydrogen-bond acceptors (Lipinski definition) is 4. The zero-order valence-corrected chi connectivity index (χ0v) is 19.8. The summed E-state index contributed by atoms with van der Waals surface area (Å²) in [6.45, 7) is 5.28. The summed E-state index contributed by atoms with van der Waals surface area (Å²) in [6, 6.07) is 19.6. The van der Waals surface area contributed by atoms with Crippen molar-refractivity contribution in [1.29, 1.82) is 5.26 Å². The van der Waals surface area contributed by atoms with E-state index in [0.29, 0.717) is 17.5 Å². The Bertz CT molecular complexity index is 1400. The van der Waals surface area contributed by atoms with E-state index in [1.165, 1.54) is 16.9 Å². The van der Waals surface area contributed by atoms with Crippen LogP contribution in [0.4, 0.5) is 5.69 Å². The molecular weight excluding hydrogens is 420 g/mol. The van der Waals surface area contributed by atoms with E-state index < -0.39 is 0 Å². The van der Waals surface area contributed by atoms with Crippen LogP contribution in [0.15, 0.2) is 67.1 Å². The van der Waals surface area contributed by atoms with Gasteiger partial charge in [-0.2, -0.15) is 5.26 Å². The predicted octanol–water partition coefficient (Wildman–Crippen LogP) is 4.63. The largest absolute Gasteiger partial charge is 0.370 e. The van der Waals surface area contributed by atoms with E-state index in [4.69, 9.17) is 10.2 Å². The van der Waals surface area contributed by atoms with Gasteiger partial charge >= 0.3 is 0 Å². The topological polar surface area (TPSA) is 53.0 Å². The van der Waals surface area contributed by atoms with Gasteiger partial charge in [-0.05, 0) is 67.5 Å². The number of anilines is 1. The summed E-state index contributed by atoms with van der Waals surface area (Å²) in [6.07, 6.45) is 6.14. The molecule has 6 heteroatoms. The van der Waals surface area contributed by atoms with Gasteiger partial charge in [0.15, 0.2) is 5.82 Å². The van der Waals surface area contributed by atoms with E-state index in [1.54, 1.807) is 0 Å². The highest BCUT2D eigenvalue weighted by Gasteiger charge is 2.31. The molecule has 34 heavy (non-hydrogen) atoms. The van der Waals surface area contributed by atoms with Gasteiger partial charge in [0.05, 0.1) is 23.0 Å². The fourth-order valence-electron chi connectivity index (χ4n) is 5.56. The van der Waals surface area contributed by atoms with E-state index in [2.05, 4.69) is 82.7 Å². The van der Waals surface area contributed by atoms with Crippen molar-refractivity contribution < 1.29 is 0 Å². The second kappa shape index (κ2) is 7.89. The lowest BCUT2D eigenvalue weighted by molar-refractivity contribution is 0.266. The Morgan fingerprint density at radius 1 is 1.03 bits per heavy atom. The van der Waals surface area contributed by atoms with Crippen LogP contribution < -0.4 is 4.90 Å². The van der Waals surface area contributed by atoms with Gasteiger partial charge in [0.1, 0.15) is 0 Å². The Morgan fingerprint density at radius 3 is 2.59 bits per heavy atom. The van der Waals surface area contributed by atoms with Crippen molar-refractivity contribution in [2.45, 2.75) is 19.5 Å². The van der Waals surface area contributed by atoms with Crippen LogP contribution >= 0.6 is 0 Å². The molecule has 2 atom stereocenters. The van der Waals surface area contributed by atoms with Crippen LogP contribution in [0.3, 0.4) is 0 Å². The van der Waals surface area contributed by atoms with Crippen LogP contribution in [0, 0.1) is 17.2 Å². The third kappa shape index (κ3) is 3.32. The Balaban J connectivity index is 1.40. The average molecular weight is 449 g/mol. The predicted molar refractivity (Wildman–Crippen MR) is 135 cm³/mol. The van der Waals surface area contributed by atoms with Crippen molar-refractivity contribution in [3.63, 3.8) is 0 Å². The van der Waals surface area contributed by atoms with Gasteiger partial charge in [-0.15, -0.1) is 0 Å². The van der Waals surface area contributed by atoms with Crippen LogP contribution in [-0.4, -0.2) is 52.2 Å². The maximum absolute atomic E-state index is 9.13. The molecule has 0 radical (unpaired) electrons. The molecule has 2 aromatic carbocycles. The number of likely N-dealkylation sites (N-methyl/N-ethyl adjacent to an activating group) is 1. The number of imidazole rings is 1. The molecule has 0 amide bonds. The lowest BCUT2D eigenvalue weighted by Crippen LogP contribution is -2.34. The lowest BCUT2D eigenvalue weighted by Gasteiger charge is -2.23. The minimum absolute atomic E-state index is 0.574. The van der Waals surface area contributed by atoms with Gasteiger partial charge in [-0.25, -0.2) is 4.98 Å². The quantitative estimate of drug-likeness (QED) is 0.404. The summed E-state index contributed by atoms with van der Waals surface area (Å²) in [5, 5.41) is 9.13. The summed E-state index contributed by atoms with van der Waals surface area (Å²) >= 11 is 0. The molecule has 6 rings (SSSR count). The molecule has 0 aliphatic carbocycles. The van der Waals surface area contributed by atoms with E-state index in [1.807, 2.05) is 30.5 Å². The van der Waals surface area contributed by atoms with E-state index in [9.17, 15) is 0 Å². The molecule has 1 fully saturated rings. The van der Waals surface area contributed by atoms with Crippen LogP contribution in [0.2, 0.25) is 0 Å². The number of nitrogens with zero attached hydrogens (tertiary/aromatic N) is 6. The fraction of sp³-hybridized carbons (Fsp3) is 0.286. The third-order valence-corrected chi connectivity index (χ3v) is 7.38. The first kappa shape index (κ1) is 20.8. The zero-order chi connectivity index (χ0) is 23.4. The third-order valence-electron chi connectivity index (χ3n) is 7.38. The molecule has 0 saturated carbocycles. The minimum atomic E-state index is 0.574. The van der Waals surface area contributed by atoms with Crippen molar-refractivity contribution in [2.24, 2.45) is 5.92 Å². The fourth-order valence-corrected chi connectivity index (χ4v) is 5.56. The van der Waals surface area contributed by atoms with E-state index in [-0.39, 0.29) is 0 Å². The Kier molecular flexibility index (Phi) is 4.82. The summed E-state index contributed by atoms with van der Waals surface area (Å²) < 4.78 is 4.51. The maximum Gasteiger partial charge on any atom is 0.161 e. The molecular formula is C28H28N6. The number of rotatable bonds is 3. The first-order chi connectivity index (χ1) is 16.5. The van der Waals surface area contributed by atoms with Crippen molar-refractivity contribution >= 4 is 5.69 Å². The normalized spacial score (nSPS) is 18.9. The molecule has 2 aromatic heterocycles. The molecule has 170 valence electrons. The van der Waals surface area contributed by atoms with Gasteiger partial charge in [0.25, 0.3) is 0 Å². The minimum Gasteiger partial charge on any atom is -0.370 e. The van der Waals surface area contributed by atoms with Gasteiger partial charge < -0.3 is 14.4 Å². The van der Waals surface area contributed by atoms with Crippen molar-refractivity contribution in [3.05, 3.63) is 78.2 Å². The highest BCUT2D eigenvalue weighted by atomic mass is 15.2. The number of nitriles is 1. The van der Waals surface area contributed by atoms with Crippen LogP contribution in [0.1, 0.15) is 18.1 Å². The number of benzene rings is 2. The molecule has 4 aromatic rings. The van der Waals surface area contributed by atoms with Gasteiger partial charge in [-0.1, -0.05) is 19.1 Å². The van der Waals surface area contributed by atoms with Crippen molar-refractivity contribution in [3.8, 4) is 34.4 Å². The summed E-state index contributed by atoms with van der Waals surface area (Å²) in [4.78, 5) is 9.59. The molecule has 2 aliphatic heterocycles. The van der Waals surface area contributed by atoms with Crippen molar-refractivity contribution in [1.82, 2.24) is 19.0 Å². The lowest BCUT2D eigenvalue weighted by atomic mass is 10.1. The van der Waals surface area contributed by atoms with E-state index >= 15 is 0 Å². The molecule has 0 spiro atoms. The van der Waals surface area contributed by atoms with Crippen LogP contribution in [-0.2, 0) is 6.54 Å². The van der Waals surface area contributed by atoms with E-state index in [0.717, 1.165) is 42.3 Å². The second-order valence-corrected chi connectivity index (χ2v) is 9.78. The first-order valence-corrected chi connectivity index (χ1v) is 11.8. The molecule has 2 aliphatic rings. The molecule has 0 N–H and O–H groups in total. The van der Waals surface area contributed by atoms with Crippen molar-refractivity contribution in [2.75, 3.05) is 32.1 Å². The summed E-state index contributed by atoms with van der Waals surface area (Å²) in [5.74, 6) is 1.59. The standard InChI is InChI=1S/C28H28N6/c1-19-15-32(18-27(19)31(2)3)24-8-9-25-23(12-24)17-33-16-22(21-6-4-20(14-29)5-7-21)13-26(33)28-30-10-11-34(25)28/h4-13,16,19,27H,15,17-18H2,1-3H3/t19-,27-/m0/s1. The molecule has 1 saturated heterocycles. The molecule has 6 nitrogen and oxygen atoms in total. The molecule has 4 heterocycles. The zero-order valence-electron chi connectivity index (χ0n) is 19.8. The van der Waals surface area contributed by atoms with Crippen LogP contribution in [0.5, 0.6) is 0 Å². The molecule has 0 bridgehead atoms. The number of aromatic nitrogens is 3. The Labute approximate surface area is 200 Å². The number of fused-ring (bicyclic) bond motifs is 5.